The van der Waals surface area contributed by atoms with Crippen LogP contribution in [0.15, 0.2) is 0 Å². The minimum absolute atomic E-state index is 0.0804. The zero-order valence-electron chi connectivity index (χ0n) is 6.38. The molecule has 62 valence electrons. The number of piperazine rings is 1. The second-order valence-electron chi connectivity index (χ2n) is 3.01. The van der Waals surface area contributed by atoms with E-state index < -0.39 is 0 Å². The predicted molar refractivity (Wildman–Crippen MR) is 39.2 cm³/mol. The third-order valence-electron chi connectivity index (χ3n) is 2.24. The van der Waals surface area contributed by atoms with Gasteiger partial charge in [-0.2, -0.15) is 0 Å². The zero-order chi connectivity index (χ0) is 7.68. The highest BCUT2D eigenvalue weighted by atomic mass is 16.5. The molecule has 0 saturated carbocycles. The molecule has 1 atom stereocenters. The molecule has 0 aromatic heterocycles. The number of nitrogens with one attached hydrogen (secondary N) is 1. The predicted octanol–water partition coefficient (Wildman–Crippen LogP) is -1.18. The summed E-state index contributed by atoms with van der Waals surface area (Å²) in [7, 11) is 0. The van der Waals surface area contributed by atoms with E-state index in [1.807, 2.05) is 0 Å². The van der Waals surface area contributed by atoms with Gasteiger partial charge in [-0.05, 0) is 0 Å². The summed E-state index contributed by atoms with van der Waals surface area (Å²) >= 11 is 0. The highest BCUT2D eigenvalue weighted by Gasteiger charge is 2.29. The number of carbonyl (C=O) groups is 1. The van der Waals surface area contributed by atoms with Crippen LogP contribution in [0.2, 0.25) is 0 Å². The smallest absolute Gasteiger partial charge is 0.320 e. The average molecular weight is 156 g/mol. The van der Waals surface area contributed by atoms with Crippen molar-refractivity contribution in [2.75, 3.05) is 32.8 Å². The Labute approximate surface area is 65.5 Å². The molecule has 0 aromatic rings. The van der Waals surface area contributed by atoms with Gasteiger partial charge >= 0.3 is 5.97 Å². The van der Waals surface area contributed by atoms with Crippen LogP contribution >= 0.6 is 0 Å². The molecule has 0 bridgehead atoms. The second kappa shape index (κ2) is 2.79. The molecule has 4 nitrogen and oxygen atoms in total. The molecular formula is C7H12N2O2. The molecule has 0 aliphatic carbocycles. The topological polar surface area (TPSA) is 41.6 Å². The van der Waals surface area contributed by atoms with Gasteiger partial charge in [-0.15, -0.1) is 0 Å². The van der Waals surface area contributed by atoms with Crippen molar-refractivity contribution in [1.29, 1.82) is 0 Å². The van der Waals surface area contributed by atoms with E-state index in [2.05, 4.69) is 10.2 Å². The lowest BCUT2D eigenvalue weighted by molar-refractivity contribution is -0.155. The Balaban J connectivity index is 1.98. The van der Waals surface area contributed by atoms with Gasteiger partial charge in [0.1, 0.15) is 6.61 Å². The summed E-state index contributed by atoms with van der Waals surface area (Å²) in [6, 6.07) is 0.418. The van der Waals surface area contributed by atoms with E-state index in [0.29, 0.717) is 19.2 Å². The third kappa shape index (κ3) is 1.36. The number of esters is 1. The lowest BCUT2D eigenvalue weighted by Gasteiger charge is -2.38. The van der Waals surface area contributed by atoms with Crippen molar-refractivity contribution in [2.45, 2.75) is 6.04 Å². The molecule has 4 heteroatoms. The number of morpholine rings is 1. The molecule has 0 spiro atoms. The van der Waals surface area contributed by atoms with Gasteiger partial charge in [0.2, 0.25) is 0 Å². The van der Waals surface area contributed by atoms with E-state index in [0.717, 1.165) is 19.6 Å². The monoisotopic (exact) mass is 156 g/mol. The molecule has 2 heterocycles. The fourth-order valence-corrected chi connectivity index (χ4v) is 1.58. The largest absolute Gasteiger partial charge is 0.463 e. The van der Waals surface area contributed by atoms with Crippen molar-refractivity contribution in [3.05, 3.63) is 0 Å². The Morgan fingerprint density at radius 3 is 3.45 bits per heavy atom. The number of hydrogen-bond donors (Lipinski definition) is 1. The summed E-state index contributed by atoms with van der Waals surface area (Å²) < 4.78 is 4.93. The molecule has 2 fully saturated rings. The molecule has 2 saturated heterocycles. The van der Waals surface area contributed by atoms with E-state index in [1.54, 1.807) is 0 Å². The van der Waals surface area contributed by atoms with E-state index in [-0.39, 0.29) is 5.97 Å². The second-order valence-corrected chi connectivity index (χ2v) is 3.01. The first-order valence-electron chi connectivity index (χ1n) is 3.96. The minimum atomic E-state index is -0.0804. The number of ether oxygens (including phenoxy) is 1. The Kier molecular flexibility index (Phi) is 1.79. The van der Waals surface area contributed by atoms with Crippen molar-refractivity contribution >= 4 is 5.97 Å². The number of nitrogens with zero attached hydrogens (tertiary/aromatic N) is 1. The molecular weight excluding hydrogens is 144 g/mol. The van der Waals surface area contributed by atoms with Crippen LogP contribution in [0.3, 0.4) is 0 Å². The molecule has 0 aromatic carbocycles. The first kappa shape index (κ1) is 7.06. The van der Waals surface area contributed by atoms with Crippen molar-refractivity contribution < 1.29 is 9.53 Å². The first-order chi connectivity index (χ1) is 5.36. The van der Waals surface area contributed by atoms with Crippen LogP contribution in [0.25, 0.3) is 0 Å². The Morgan fingerprint density at radius 2 is 2.55 bits per heavy atom. The maximum atomic E-state index is 10.8. The highest BCUT2D eigenvalue weighted by molar-refractivity contribution is 5.72. The van der Waals surface area contributed by atoms with Crippen LogP contribution in [0.5, 0.6) is 0 Å². The van der Waals surface area contributed by atoms with Gasteiger partial charge in [0, 0.05) is 19.6 Å². The lowest BCUT2D eigenvalue weighted by Crippen LogP contribution is -2.57. The number of cyclic esters (lactones) is 1. The quantitative estimate of drug-likeness (QED) is 0.448. The van der Waals surface area contributed by atoms with E-state index in [4.69, 9.17) is 4.74 Å². The third-order valence-corrected chi connectivity index (χ3v) is 2.24. The maximum Gasteiger partial charge on any atom is 0.320 e. The van der Waals surface area contributed by atoms with Crippen molar-refractivity contribution in [1.82, 2.24) is 10.2 Å². The molecule has 2 aliphatic heterocycles. The van der Waals surface area contributed by atoms with Crippen LogP contribution in [0, 0.1) is 0 Å². The van der Waals surface area contributed by atoms with Gasteiger partial charge in [0.05, 0.1) is 12.6 Å². The standard InChI is InChI=1S/C7H12N2O2/c10-7-4-9-2-1-8-3-6(9)5-11-7/h6,8H,1-5H2/t6-/m1/s1. The summed E-state index contributed by atoms with van der Waals surface area (Å²) in [6.07, 6.45) is 0. The van der Waals surface area contributed by atoms with E-state index >= 15 is 0 Å². The number of carbonyl (C=O) groups excluding carboxylic acids is 1. The first-order valence-corrected chi connectivity index (χ1v) is 3.96. The van der Waals surface area contributed by atoms with Gasteiger partial charge in [-0.1, -0.05) is 0 Å². The fourth-order valence-electron chi connectivity index (χ4n) is 1.58. The Hall–Kier alpha value is -0.610. The van der Waals surface area contributed by atoms with Gasteiger partial charge < -0.3 is 10.1 Å². The highest BCUT2D eigenvalue weighted by Crippen LogP contribution is 2.08. The molecule has 11 heavy (non-hydrogen) atoms. The summed E-state index contributed by atoms with van der Waals surface area (Å²) in [5.41, 5.74) is 0. The van der Waals surface area contributed by atoms with E-state index in [1.165, 1.54) is 0 Å². The summed E-state index contributed by atoms with van der Waals surface area (Å²) in [6.45, 7) is 3.95. The number of rotatable bonds is 0. The van der Waals surface area contributed by atoms with E-state index in [9.17, 15) is 4.79 Å². The summed E-state index contributed by atoms with van der Waals surface area (Å²) in [5, 5.41) is 3.27. The van der Waals surface area contributed by atoms with Crippen LogP contribution in [0.4, 0.5) is 0 Å². The molecule has 2 rings (SSSR count). The normalized spacial score (nSPS) is 32.7. The van der Waals surface area contributed by atoms with Crippen molar-refractivity contribution in [3.8, 4) is 0 Å². The SMILES string of the molecule is O=C1CN2CCNC[C@@H]2CO1. The molecule has 0 unspecified atom stereocenters. The number of hydrogen-bond acceptors (Lipinski definition) is 4. The molecule has 2 aliphatic rings. The van der Waals surface area contributed by atoms with Gasteiger partial charge in [-0.25, -0.2) is 0 Å². The molecule has 0 radical (unpaired) electrons. The van der Waals surface area contributed by atoms with Crippen LogP contribution in [-0.2, 0) is 9.53 Å². The minimum Gasteiger partial charge on any atom is -0.463 e. The molecule has 1 N–H and O–H groups in total. The Bertz CT molecular complexity index is 172. The van der Waals surface area contributed by atoms with Crippen LogP contribution < -0.4 is 5.32 Å². The van der Waals surface area contributed by atoms with Crippen molar-refractivity contribution in [3.63, 3.8) is 0 Å². The fraction of sp³-hybridized carbons (Fsp3) is 0.857. The number of fused-ring (bicyclic) bond motifs is 1. The lowest BCUT2D eigenvalue weighted by atomic mass is 10.2. The van der Waals surface area contributed by atoms with Crippen LogP contribution in [0.1, 0.15) is 0 Å². The van der Waals surface area contributed by atoms with Gasteiger partial charge in [0.15, 0.2) is 0 Å². The summed E-state index contributed by atoms with van der Waals surface area (Å²) in [5.74, 6) is -0.0804. The molecule has 0 amide bonds. The Morgan fingerprint density at radius 1 is 1.64 bits per heavy atom. The average Bonchev–Trinajstić information content (AvgIpc) is 2.04. The summed E-state index contributed by atoms with van der Waals surface area (Å²) in [4.78, 5) is 13.0. The van der Waals surface area contributed by atoms with Crippen LogP contribution in [-0.4, -0.2) is 49.7 Å². The maximum absolute atomic E-state index is 10.8. The van der Waals surface area contributed by atoms with Crippen molar-refractivity contribution in [2.24, 2.45) is 0 Å². The zero-order valence-corrected chi connectivity index (χ0v) is 6.38. The van der Waals surface area contributed by atoms with Gasteiger partial charge in [-0.3, -0.25) is 9.69 Å². The van der Waals surface area contributed by atoms with Gasteiger partial charge in [0.25, 0.3) is 0 Å².